The molecule has 0 spiro atoms. The van der Waals surface area contributed by atoms with E-state index in [1.807, 2.05) is 0 Å². The van der Waals surface area contributed by atoms with Crippen molar-refractivity contribution < 1.29 is 5.11 Å². The van der Waals surface area contributed by atoms with E-state index in [2.05, 4.69) is 47.9 Å². The van der Waals surface area contributed by atoms with Crippen LogP contribution in [0.15, 0.2) is 24.3 Å². The Kier molecular flexibility index (Phi) is 6.11. The summed E-state index contributed by atoms with van der Waals surface area (Å²) in [6.45, 7) is 5.96. The maximum atomic E-state index is 8.70. The highest BCUT2D eigenvalue weighted by Gasteiger charge is 2.17. The molecule has 0 aliphatic carbocycles. The molecule has 2 rings (SSSR count). The van der Waals surface area contributed by atoms with Crippen molar-refractivity contribution in [2.75, 3.05) is 19.7 Å². The molecule has 1 heterocycles. The smallest absolute Gasteiger partial charge is 0.0540 e. The monoisotopic (exact) mass is 271 g/mol. The van der Waals surface area contributed by atoms with E-state index in [4.69, 9.17) is 5.11 Å². The Balaban J connectivity index is 1.84. The van der Waals surface area contributed by atoms with Crippen LogP contribution in [-0.2, 0) is 6.54 Å². The fraction of sp³-hybridized carbons (Fsp3) is 0.556. The molecule has 0 radical (unpaired) electrons. The molecular formula is C18H25NO. The number of likely N-dealkylation sites (tertiary alicyclic amines) is 1. The van der Waals surface area contributed by atoms with Gasteiger partial charge in [-0.25, -0.2) is 0 Å². The van der Waals surface area contributed by atoms with Gasteiger partial charge in [0.25, 0.3) is 0 Å². The molecular weight excluding hydrogens is 246 g/mol. The van der Waals surface area contributed by atoms with Gasteiger partial charge in [0.1, 0.15) is 0 Å². The third-order valence-corrected chi connectivity index (χ3v) is 4.11. The number of benzene rings is 1. The number of piperidine rings is 1. The molecule has 108 valence electrons. The van der Waals surface area contributed by atoms with E-state index in [0.29, 0.717) is 6.42 Å². The Morgan fingerprint density at radius 1 is 1.20 bits per heavy atom. The van der Waals surface area contributed by atoms with E-state index in [-0.39, 0.29) is 6.61 Å². The lowest BCUT2D eigenvalue weighted by atomic mass is 9.94. The second-order valence-electron chi connectivity index (χ2n) is 5.60. The number of aliphatic hydroxyl groups is 1. The van der Waals surface area contributed by atoms with Crippen molar-refractivity contribution in [3.8, 4) is 11.8 Å². The third-order valence-electron chi connectivity index (χ3n) is 4.11. The summed E-state index contributed by atoms with van der Waals surface area (Å²) in [4.78, 5) is 2.55. The van der Waals surface area contributed by atoms with Crippen LogP contribution in [0.5, 0.6) is 0 Å². The Morgan fingerprint density at radius 3 is 2.50 bits per heavy atom. The van der Waals surface area contributed by atoms with E-state index in [9.17, 15) is 0 Å². The van der Waals surface area contributed by atoms with Crippen molar-refractivity contribution in [2.45, 2.75) is 39.2 Å². The zero-order valence-corrected chi connectivity index (χ0v) is 12.4. The molecule has 0 unspecified atom stereocenters. The Morgan fingerprint density at radius 2 is 1.90 bits per heavy atom. The fourth-order valence-electron chi connectivity index (χ4n) is 2.72. The van der Waals surface area contributed by atoms with E-state index in [1.165, 1.54) is 37.9 Å². The molecule has 1 fully saturated rings. The molecule has 0 amide bonds. The number of nitrogens with zero attached hydrogens (tertiary/aromatic N) is 1. The molecule has 2 nitrogen and oxygen atoms in total. The lowest BCUT2D eigenvalue weighted by molar-refractivity contribution is 0.175. The van der Waals surface area contributed by atoms with Crippen molar-refractivity contribution in [1.29, 1.82) is 0 Å². The highest BCUT2D eigenvalue weighted by Crippen LogP contribution is 2.21. The molecule has 1 aromatic carbocycles. The van der Waals surface area contributed by atoms with Gasteiger partial charge in [-0.1, -0.05) is 37.3 Å². The average molecular weight is 271 g/mol. The molecule has 20 heavy (non-hydrogen) atoms. The molecule has 1 aliphatic rings. The standard InChI is InChI=1S/C18H25NO/c1-2-16-10-12-19(13-11-16)15-18-8-6-17(7-9-18)5-3-4-14-20/h6-9,16,20H,2,4,10-15H2,1H3. The van der Waals surface area contributed by atoms with Gasteiger partial charge in [-0.3, -0.25) is 4.90 Å². The van der Waals surface area contributed by atoms with Gasteiger partial charge in [-0.15, -0.1) is 0 Å². The zero-order chi connectivity index (χ0) is 14.2. The molecule has 1 saturated heterocycles. The van der Waals surface area contributed by atoms with E-state index in [0.717, 1.165) is 18.0 Å². The maximum Gasteiger partial charge on any atom is 0.0540 e. The second kappa shape index (κ2) is 8.09. The summed E-state index contributed by atoms with van der Waals surface area (Å²) >= 11 is 0. The van der Waals surface area contributed by atoms with Crippen LogP contribution in [0.1, 0.15) is 43.7 Å². The Hall–Kier alpha value is -1.30. The first kappa shape index (κ1) is 15.1. The minimum Gasteiger partial charge on any atom is -0.395 e. The van der Waals surface area contributed by atoms with Crippen LogP contribution in [0.2, 0.25) is 0 Å². The molecule has 0 atom stereocenters. The van der Waals surface area contributed by atoms with Crippen molar-refractivity contribution in [3.63, 3.8) is 0 Å². The first-order valence-electron chi connectivity index (χ1n) is 7.73. The summed E-state index contributed by atoms with van der Waals surface area (Å²) < 4.78 is 0. The Bertz CT molecular complexity index is 447. The summed E-state index contributed by atoms with van der Waals surface area (Å²) in [5.74, 6) is 6.96. The summed E-state index contributed by atoms with van der Waals surface area (Å²) in [6, 6.07) is 8.51. The van der Waals surface area contributed by atoms with Gasteiger partial charge in [0.15, 0.2) is 0 Å². The topological polar surface area (TPSA) is 23.5 Å². The number of aliphatic hydroxyl groups excluding tert-OH is 1. The van der Waals surface area contributed by atoms with E-state index >= 15 is 0 Å². The number of hydrogen-bond donors (Lipinski definition) is 1. The predicted octanol–water partition coefficient (Wildman–Crippen LogP) is 3.04. The predicted molar refractivity (Wildman–Crippen MR) is 83.3 cm³/mol. The summed E-state index contributed by atoms with van der Waals surface area (Å²) in [5.41, 5.74) is 2.40. The van der Waals surface area contributed by atoms with Gasteiger partial charge in [0.05, 0.1) is 6.61 Å². The van der Waals surface area contributed by atoms with Crippen LogP contribution in [0.3, 0.4) is 0 Å². The largest absolute Gasteiger partial charge is 0.395 e. The summed E-state index contributed by atoms with van der Waals surface area (Å²) in [7, 11) is 0. The van der Waals surface area contributed by atoms with E-state index in [1.54, 1.807) is 0 Å². The first-order valence-corrected chi connectivity index (χ1v) is 7.73. The molecule has 2 heteroatoms. The highest BCUT2D eigenvalue weighted by molar-refractivity contribution is 5.36. The lowest BCUT2D eigenvalue weighted by Crippen LogP contribution is -2.32. The maximum absolute atomic E-state index is 8.70. The number of rotatable bonds is 4. The van der Waals surface area contributed by atoms with Crippen LogP contribution in [0, 0.1) is 17.8 Å². The fourth-order valence-corrected chi connectivity index (χ4v) is 2.72. The van der Waals surface area contributed by atoms with Gasteiger partial charge in [0, 0.05) is 18.5 Å². The molecule has 0 aromatic heterocycles. The quantitative estimate of drug-likeness (QED) is 0.851. The van der Waals surface area contributed by atoms with Gasteiger partial charge in [0.2, 0.25) is 0 Å². The van der Waals surface area contributed by atoms with Gasteiger partial charge >= 0.3 is 0 Å². The molecule has 0 bridgehead atoms. The molecule has 1 N–H and O–H groups in total. The summed E-state index contributed by atoms with van der Waals surface area (Å²) in [5, 5.41) is 8.70. The van der Waals surface area contributed by atoms with Gasteiger partial charge in [-0.2, -0.15) is 0 Å². The highest BCUT2D eigenvalue weighted by atomic mass is 16.2. The van der Waals surface area contributed by atoms with Crippen molar-refractivity contribution in [2.24, 2.45) is 5.92 Å². The molecule has 1 aliphatic heterocycles. The van der Waals surface area contributed by atoms with Crippen LogP contribution in [0.25, 0.3) is 0 Å². The third kappa shape index (κ3) is 4.67. The van der Waals surface area contributed by atoms with Crippen LogP contribution >= 0.6 is 0 Å². The summed E-state index contributed by atoms with van der Waals surface area (Å²) in [6.07, 6.45) is 4.58. The van der Waals surface area contributed by atoms with Gasteiger partial charge in [-0.05, 0) is 49.5 Å². The van der Waals surface area contributed by atoms with Crippen LogP contribution < -0.4 is 0 Å². The average Bonchev–Trinajstić information content (AvgIpc) is 2.50. The van der Waals surface area contributed by atoms with Gasteiger partial charge < -0.3 is 5.11 Å². The number of hydrogen-bond acceptors (Lipinski definition) is 2. The van der Waals surface area contributed by atoms with Crippen molar-refractivity contribution >= 4 is 0 Å². The zero-order valence-electron chi connectivity index (χ0n) is 12.4. The SMILES string of the molecule is CCC1CCN(Cc2ccc(C#CCCO)cc2)CC1. The minimum absolute atomic E-state index is 0.138. The lowest BCUT2D eigenvalue weighted by Gasteiger charge is -2.31. The molecule has 1 aromatic rings. The van der Waals surface area contributed by atoms with Crippen LogP contribution in [-0.4, -0.2) is 29.7 Å². The normalized spacial score (nSPS) is 16.7. The first-order chi connectivity index (χ1) is 9.81. The Labute approximate surface area is 122 Å². The molecule has 0 saturated carbocycles. The van der Waals surface area contributed by atoms with Crippen LogP contribution in [0.4, 0.5) is 0 Å². The van der Waals surface area contributed by atoms with Crippen molar-refractivity contribution in [1.82, 2.24) is 4.90 Å². The van der Waals surface area contributed by atoms with E-state index < -0.39 is 0 Å². The minimum atomic E-state index is 0.138. The van der Waals surface area contributed by atoms with Crippen molar-refractivity contribution in [3.05, 3.63) is 35.4 Å². The second-order valence-corrected chi connectivity index (χ2v) is 5.60.